The van der Waals surface area contributed by atoms with Crippen molar-refractivity contribution in [3.8, 4) is 0 Å². The van der Waals surface area contributed by atoms with Gasteiger partial charge in [0.1, 0.15) is 0 Å². The van der Waals surface area contributed by atoms with E-state index in [0.29, 0.717) is 19.4 Å². The summed E-state index contributed by atoms with van der Waals surface area (Å²) >= 11 is 0. The Morgan fingerprint density at radius 3 is 1.33 bits per heavy atom. The van der Waals surface area contributed by atoms with Crippen LogP contribution >= 0.6 is 0 Å². The first-order valence-electron chi connectivity index (χ1n) is 25.9. The van der Waals surface area contributed by atoms with Crippen molar-refractivity contribution >= 4 is 11.9 Å². The molecule has 0 fully saturated rings. The Balaban J connectivity index is 3.45. The fraction of sp³-hybridized carbons (Fsp3) is 0.815. The first kappa shape index (κ1) is 57.8. The summed E-state index contributed by atoms with van der Waals surface area (Å²) in [5, 5.41) is 22.9. The van der Waals surface area contributed by atoms with Crippen LogP contribution in [0.5, 0.6) is 0 Å². The second kappa shape index (κ2) is 49.5. The van der Waals surface area contributed by atoms with Crippen LogP contribution < -0.4 is 5.32 Å². The summed E-state index contributed by atoms with van der Waals surface area (Å²) in [7, 11) is 0. The van der Waals surface area contributed by atoms with Gasteiger partial charge in [-0.25, -0.2) is 0 Å². The van der Waals surface area contributed by atoms with E-state index in [1.54, 1.807) is 6.08 Å². The van der Waals surface area contributed by atoms with Crippen molar-refractivity contribution in [2.45, 2.75) is 270 Å². The second-order valence-electron chi connectivity index (χ2n) is 17.5. The Hall–Kier alpha value is -2.18. The van der Waals surface area contributed by atoms with Crippen LogP contribution in [0, 0.1) is 0 Å². The van der Waals surface area contributed by atoms with E-state index in [-0.39, 0.29) is 18.5 Å². The molecule has 3 N–H and O–H groups in total. The second-order valence-corrected chi connectivity index (χ2v) is 17.5. The number of carbonyl (C=O) groups is 2. The third kappa shape index (κ3) is 45.3. The maximum atomic E-state index is 12.4. The quantitative estimate of drug-likeness (QED) is 0.0322. The fourth-order valence-corrected chi connectivity index (χ4v) is 7.52. The van der Waals surface area contributed by atoms with Crippen molar-refractivity contribution in [3.05, 3.63) is 48.6 Å². The lowest BCUT2D eigenvalue weighted by Gasteiger charge is -2.20. The van der Waals surface area contributed by atoms with Crippen LogP contribution in [-0.2, 0) is 14.3 Å². The van der Waals surface area contributed by atoms with Crippen LogP contribution in [-0.4, -0.2) is 47.4 Å². The van der Waals surface area contributed by atoms with E-state index in [0.717, 1.165) is 57.8 Å². The topological polar surface area (TPSA) is 95.9 Å². The number of ether oxygens (including phenoxy) is 1. The van der Waals surface area contributed by atoms with Crippen molar-refractivity contribution in [1.82, 2.24) is 5.32 Å². The molecule has 1 amide bonds. The standard InChI is InChI=1S/C54H99NO5/c1-3-5-7-9-11-13-14-15-25-28-32-36-40-44-48-54(59)60-49-45-41-37-33-29-26-23-21-19-17-16-18-20-22-24-27-31-35-39-43-47-53(58)55-51(50-56)52(57)46-42-38-34-30-12-10-8-6-4-2/h9,11,14-16,18,42,46,51-52,56-57H,3-8,10,12-13,17,19-41,43-45,47-50H2,1-2H3,(H,55,58)/b11-9-,15-14-,18-16-,46-42+. The highest BCUT2D eigenvalue weighted by Crippen LogP contribution is 2.14. The number of allylic oxidation sites excluding steroid dienone is 7. The molecule has 0 aromatic rings. The number of nitrogens with one attached hydrogen (secondary N) is 1. The van der Waals surface area contributed by atoms with Crippen molar-refractivity contribution in [2.24, 2.45) is 0 Å². The zero-order chi connectivity index (χ0) is 43.7. The van der Waals surface area contributed by atoms with Gasteiger partial charge in [-0.3, -0.25) is 9.59 Å². The van der Waals surface area contributed by atoms with Gasteiger partial charge in [-0.05, 0) is 83.5 Å². The van der Waals surface area contributed by atoms with Crippen molar-refractivity contribution in [1.29, 1.82) is 0 Å². The molecular formula is C54H99NO5. The molecule has 0 aromatic heterocycles. The summed E-state index contributed by atoms with van der Waals surface area (Å²) in [6, 6.07) is -0.633. The molecule has 60 heavy (non-hydrogen) atoms. The highest BCUT2D eigenvalue weighted by atomic mass is 16.5. The van der Waals surface area contributed by atoms with Gasteiger partial charge in [-0.15, -0.1) is 0 Å². The van der Waals surface area contributed by atoms with E-state index in [2.05, 4.69) is 55.6 Å². The summed E-state index contributed by atoms with van der Waals surface area (Å²) in [4.78, 5) is 24.4. The SMILES string of the molecule is CCCC/C=C\C/C=C\CCCCCCCC(=O)OCCCCCCCCCCC/C=C\CCCCCCCCCC(=O)NC(CO)C(O)/C=C/CCCCCCCCC. The number of aliphatic hydroxyl groups is 2. The van der Waals surface area contributed by atoms with Gasteiger partial charge in [-0.2, -0.15) is 0 Å². The van der Waals surface area contributed by atoms with E-state index >= 15 is 0 Å². The van der Waals surface area contributed by atoms with Crippen LogP contribution in [0.15, 0.2) is 48.6 Å². The van der Waals surface area contributed by atoms with Crippen LogP contribution in [0.3, 0.4) is 0 Å². The maximum absolute atomic E-state index is 12.4. The van der Waals surface area contributed by atoms with E-state index in [1.807, 2.05) is 6.08 Å². The highest BCUT2D eigenvalue weighted by Gasteiger charge is 2.18. The minimum absolute atomic E-state index is 0.0103. The van der Waals surface area contributed by atoms with E-state index in [1.165, 1.54) is 173 Å². The Labute approximate surface area is 372 Å². The third-order valence-electron chi connectivity index (χ3n) is 11.6. The minimum Gasteiger partial charge on any atom is -0.466 e. The smallest absolute Gasteiger partial charge is 0.305 e. The lowest BCUT2D eigenvalue weighted by molar-refractivity contribution is -0.143. The summed E-state index contributed by atoms with van der Waals surface area (Å²) in [5.41, 5.74) is 0. The number of rotatable bonds is 47. The molecule has 0 radical (unpaired) electrons. The molecule has 6 heteroatoms. The predicted octanol–water partition coefficient (Wildman–Crippen LogP) is 15.5. The number of hydrogen-bond donors (Lipinski definition) is 3. The Bertz CT molecular complexity index is 1020. The number of esters is 1. The van der Waals surface area contributed by atoms with Crippen molar-refractivity contribution < 1.29 is 24.5 Å². The lowest BCUT2D eigenvalue weighted by Crippen LogP contribution is -2.45. The summed E-state index contributed by atoms with van der Waals surface area (Å²) in [6.07, 6.45) is 61.2. The largest absolute Gasteiger partial charge is 0.466 e. The van der Waals surface area contributed by atoms with Gasteiger partial charge in [0.15, 0.2) is 0 Å². The monoisotopic (exact) mass is 842 g/mol. The number of amides is 1. The molecular weight excluding hydrogens is 743 g/mol. The fourth-order valence-electron chi connectivity index (χ4n) is 7.52. The number of carbonyl (C=O) groups excluding carboxylic acids is 2. The van der Waals surface area contributed by atoms with E-state index in [9.17, 15) is 19.8 Å². The van der Waals surface area contributed by atoms with Gasteiger partial charge in [0.2, 0.25) is 5.91 Å². The van der Waals surface area contributed by atoms with Crippen molar-refractivity contribution in [2.75, 3.05) is 13.2 Å². The zero-order valence-electron chi connectivity index (χ0n) is 39.7. The van der Waals surface area contributed by atoms with Gasteiger partial charge >= 0.3 is 5.97 Å². The molecule has 0 bridgehead atoms. The van der Waals surface area contributed by atoms with Crippen LogP contribution in [0.25, 0.3) is 0 Å². The molecule has 0 aliphatic carbocycles. The highest BCUT2D eigenvalue weighted by molar-refractivity contribution is 5.76. The predicted molar refractivity (Wildman–Crippen MR) is 259 cm³/mol. The van der Waals surface area contributed by atoms with Crippen LogP contribution in [0.2, 0.25) is 0 Å². The summed E-state index contributed by atoms with van der Waals surface area (Å²) < 4.78 is 5.46. The van der Waals surface area contributed by atoms with Gasteiger partial charge in [-0.1, -0.05) is 210 Å². The molecule has 2 unspecified atom stereocenters. The molecule has 0 spiro atoms. The lowest BCUT2D eigenvalue weighted by atomic mass is 10.1. The summed E-state index contributed by atoms with van der Waals surface area (Å²) in [5.74, 6) is -0.0914. The molecule has 0 saturated heterocycles. The van der Waals surface area contributed by atoms with E-state index in [4.69, 9.17) is 4.74 Å². The molecule has 0 heterocycles. The van der Waals surface area contributed by atoms with Gasteiger partial charge in [0.05, 0.1) is 25.4 Å². The molecule has 0 saturated carbocycles. The average molecular weight is 842 g/mol. The molecule has 2 atom stereocenters. The molecule has 6 nitrogen and oxygen atoms in total. The Morgan fingerprint density at radius 1 is 0.467 bits per heavy atom. The Kier molecular flexibility index (Phi) is 47.7. The molecule has 0 rings (SSSR count). The normalized spacial score (nSPS) is 13.1. The molecule has 0 aliphatic rings. The third-order valence-corrected chi connectivity index (χ3v) is 11.6. The molecule has 0 aliphatic heterocycles. The number of unbranched alkanes of at least 4 members (excludes halogenated alkanes) is 30. The minimum atomic E-state index is -0.848. The van der Waals surface area contributed by atoms with Gasteiger partial charge in [0, 0.05) is 12.8 Å². The van der Waals surface area contributed by atoms with Gasteiger partial charge in [0.25, 0.3) is 0 Å². The average Bonchev–Trinajstić information content (AvgIpc) is 3.25. The number of hydrogen-bond acceptors (Lipinski definition) is 5. The maximum Gasteiger partial charge on any atom is 0.305 e. The first-order chi connectivity index (χ1) is 29.5. The Morgan fingerprint density at radius 2 is 0.850 bits per heavy atom. The molecule has 0 aromatic carbocycles. The molecule has 350 valence electrons. The zero-order valence-corrected chi connectivity index (χ0v) is 39.7. The van der Waals surface area contributed by atoms with Crippen molar-refractivity contribution in [3.63, 3.8) is 0 Å². The van der Waals surface area contributed by atoms with E-state index < -0.39 is 12.1 Å². The van der Waals surface area contributed by atoms with Crippen LogP contribution in [0.1, 0.15) is 258 Å². The van der Waals surface area contributed by atoms with Gasteiger partial charge < -0.3 is 20.3 Å². The number of aliphatic hydroxyl groups excluding tert-OH is 2. The summed E-state index contributed by atoms with van der Waals surface area (Å²) in [6.45, 7) is 4.80. The van der Waals surface area contributed by atoms with Crippen LogP contribution in [0.4, 0.5) is 0 Å². The first-order valence-corrected chi connectivity index (χ1v) is 25.9.